The maximum Gasteiger partial charge on any atom is 0.175 e. The maximum absolute atomic E-state index is 6.15. The second kappa shape index (κ2) is 3.87. The number of aryl methyl sites for hydroxylation is 2. The van der Waals surface area contributed by atoms with Crippen molar-refractivity contribution in [3.05, 3.63) is 36.2 Å². The molecule has 0 aliphatic heterocycles. The monoisotopic (exact) mass is 241 g/mol. The molecule has 92 valence electrons. The number of nitrogen functional groups attached to an aromatic ring is 1. The molecule has 0 saturated carbocycles. The summed E-state index contributed by atoms with van der Waals surface area (Å²) in [5.41, 5.74) is 8.80. The van der Waals surface area contributed by atoms with Crippen LogP contribution < -0.4 is 5.73 Å². The highest BCUT2D eigenvalue weighted by Gasteiger charge is 2.16. The van der Waals surface area contributed by atoms with Crippen LogP contribution in [0, 0.1) is 0 Å². The smallest absolute Gasteiger partial charge is 0.175 e. The van der Waals surface area contributed by atoms with Crippen LogP contribution in [-0.4, -0.2) is 19.6 Å². The highest BCUT2D eigenvalue weighted by molar-refractivity contribution is 5.81. The molecule has 0 aliphatic rings. The Balaban J connectivity index is 2.29. The molecule has 0 atom stereocenters. The van der Waals surface area contributed by atoms with Crippen molar-refractivity contribution in [3.63, 3.8) is 0 Å². The van der Waals surface area contributed by atoms with Crippen molar-refractivity contribution in [1.82, 2.24) is 19.6 Å². The van der Waals surface area contributed by atoms with Crippen LogP contribution in [0.15, 0.2) is 30.5 Å². The first kappa shape index (κ1) is 10.8. The SMILES string of the molecule is CCc1nn(C)c(-n2ncc3ccccc32)c1N. The molecule has 0 aliphatic carbocycles. The van der Waals surface area contributed by atoms with Crippen molar-refractivity contribution in [1.29, 1.82) is 0 Å². The average Bonchev–Trinajstić information content (AvgIpc) is 2.91. The van der Waals surface area contributed by atoms with Crippen LogP contribution in [-0.2, 0) is 13.5 Å². The highest BCUT2D eigenvalue weighted by Crippen LogP contribution is 2.24. The number of para-hydroxylation sites is 1. The van der Waals surface area contributed by atoms with Gasteiger partial charge in [-0.2, -0.15) is 10.2 Å². The zero-order chi connectivity index (χ0) is 12.7. The Hall–Kier alpha value is -2.30. The second-order valence-corrected chi connectivity index (χ2v) is 4.28. The van der Waals surface area contributed by atoms with Gasteiger partial charge in [-0.15, -0.1) is 0 Å². The second-order valence-electron chi connectivity index (χ2n) is 4.28. The van der Waals surface area contributed by atoms with E-state index in [-0.39, 0.29) is 0 Å². The third kappa shape index (κ3) is 1.40. The zero-order valence-electron chi connectivity index (χ0n) is 10.5. The van der Waals surface area contributed by atoms with Crippen molar-refractivity contribution in [2.75, 3.05) is 5.73 Å². The van der Waals surface area contributed by atoms with E-state index in [2.05, 4.69) is 10.2 Å². The van der Waals surface area contributed by atoms with Gasteiger partial charge in [-0.25, -0.2) is 9.36 Å². The lowest BCUT2D eigenvalue weighted by Crippen LogP contribution is -2.06. The molecule has 3 rings (SSSR count). The molecule has 1 aromatic carbocycles. The lowest BCUT2D eigenvalue weighted by Gasteiger charge is -2.04. The number of fused-ring (bicyclic) bond motifs is 1. The standard InChI is InChI=1S/C13H15N5/c1-3-10-12(14)13(17(2)16-10)18-11-7-5-4-6-9(11)8-15-18/h4-8H,3,14H2,1-2H3. The van der Waals surface area contributed by atoms with Gasteiger partial charge in [0.05, 0.1) is 17.4 Å². The van der Waals surface area contributed by atoms with Crippen molar-refractivity contribution >= 4 is 16.6 Å². The molecule has 5 heteroatoms. The molecule has 0 amide bonds. The predicted molar refractivity (Wildman–Crippen MR) is 71.6 cm³/mol. The minimum Gasteiger partial charge on any atom is -0.394 e. The Morgan fingerprint density at radius 2 is 2.06 bits per heavy atom. The molecule has 2 heterocycles. The topological polar surface area (TPSA) is 61.7 Å². The minimum atomic E-state index is 0.703. The fourth-order valence-corrected chi connectivity index (χ4v) is 2.24. The molecule has 5 nitrogen and oxygen atoms in total. The normalized spacial score (nSPS) is 11.2. The number of rotatable bonds is 2. The Morgan fingerprint density at radius 1 is 1.28 bits per heavy atom. The Morgan fingerprint density at radius 3 is 2.78 bits per heavy atom. The molecular formula is C13H15N5. The van der Waals surface area contributed by atoms with E-state index in [9.17, 15) is 0 Å². The summed E-state index contributed by atoms with van der Waals surface area (Å²) in [6, 6.07) is 8.05. The van der Waals surface area contributed by atoms with Gasteiger partial charge in [0, 0.05) is 12.4 Å². The van der Waals surface area contributed by atoms with Gasteiger partial charge in [-0.05, 0) is 12.5 Å². The molecule has 0 fully saturated rings. The van der Waals surface area contributed by atoms with E-state index in [4.69, 9.17) is 5.73 Å². The van der Waals surface area contributed by atoms with Gasteiger partial charge in [0.2, 0.25) is 0 Å². The van der Waals surface area contributed by atoms with Gasteiger partial charge in [-0.3, -0.25) is 0 Å². The van der Waals surface area contributed by atoms with E-state index in [0.29, 0.717) is 5.69 Å². The number of aromatic nitrogens is 4. The van der Waals surface area contributed by atoms with Gasteiger partial charge >= 0.3 is 0 Å². The van der Waals surface area contributed by atoms with Crippen LogP contribution in [0.1, 0.15) is 12.6 Å². The number of anilines is 1. The van der Waals surface area contributed by atoms with Gasteiger partial charge in [-0.1, -0.05) is 25.1 Å². The molecule has 0 saturated heterocycles. The molecule has 3 aromatic rings. The summed E-state index contributed by atoms with van der Waals surface area (Å²) >= 11 is 0. The van der Waals surface area contributed by atoms with Crippen molar-refractivity contribution in [3.8, 4) is 5.82 Å². The molecule has 18 heavy (non-hydrogen) atoms. The van der Waals surface area contributed by atoms with Gasteiger partial charge < -0.3 is 5.73 Å². The molecular weight excluding hydrogens is 226 g/mol. The van der Waals surface area contributed by atoms with E-state index < -0.39 is 0 Å². The van der Waals surface area contributed by atoms with Gasteiger partial charge in [0.1, 0.15) is 5.69 Å². The summed E-state index contributed by atoms with van der Waals surface area (Å²) < 4.78 is 3.63. The van der Waals surface area contributed by atoms with Crippen LogP contribution >= 0.6 is 0 Å². The molecule has 0 radical (unpaired) electrons. The first-order chi connectivity index (χ1) is 8.72. The van der Waals surface area contributed by atoms with E-state index in [1.54, 1.807) is 4.68 Å². The van der Waals surface area contributed by atoms with Crippen LogP contribution in [0.2, 0.25) is 0 Å². The largest absolute Gasteiger partial charge is 0.394 e. The highest BCUT2D eigenvalue weighted by atomic mass is 15.4. The first-order valence-electron chi connectivity index (χ1n) is 5.97. The fraction of sp³-hybridized carbons (Fsp3) is 0.231. The molecule has 2 N–H and O–H groups in total. The molecule has 0 bridgehead atoms. The van der Waals surface area contributed by atoms with Gasteiger partial charge in [0.15, 0.2) is 5.82 Å². The van der Waals surface area contributed by atoms with E-state index in [1.165, 1.54) is 0 Å². The third-order valence-electron chi connectivity index (χ3n) is 3.14. The molecule has 0 spiro atoms. The minimum absolute atomic E-state index is 0.703. The number of hydrogen-bond donors (Lipinski definition) is 1. The summed E-state index contributed by atoms with van der Waals surface area (Å²) in [5.74, 6) is 0.827. The number of hydrogen-bond acceptors (Lipinski definition) is 3. The Bertz CT molecular complexity index is 707. The number of nitrogens with zero attached hydrogens (tertiary/aromatic N) is 4. The lowest BCUT2D eigenvalue weighted by molar-refractivity contribution is 0.698. The van der Waals surface area contributed by atoms with E-state index in [0.717, 1.165) is 28.8 Å². The summed E-state index contributed by atoms with van der Waals surface area (Å²) in [4.78, 5) is 0. The van der Waals surface area contributed by atoms with E-state index in [1.807, 2.05) is 49.1 Å². The lowest BCUT2D eigenvalue weighted by atomic mass is 10.2. The Kier molecular flexibility index (Phi) is 2.33. The van der Waals surface area contributed by atoms with Crippen LogP contribution in [0.3, 0.4) is 0 Å². The van der Waals surface area contributed by atoms with Crippen molar-refractivity contribution < 1.29 is 0 Å². The average molecular weight is 241 g/mol. The maximum atomic E-state index is 6.15. The summed E-state index contributed by atoms with van der Waals surface area (Å²) in [6.07, 6.45) is 2.66. The van der Waals surface area contributed by atoms with Crippen LogP contribution in [0.5, 0.6) is 0 Å². The predicted octanol–water partition coefficient (Wildman–Crippen LogP) is 1.90. The molecule has 2 aromatic heterocycles. The van der Waals surface area contributed by atoms with Crippen molar-refractivity contribution in [2.45, 2.75) is 13.3 Å². The van der Waals surface area contributed by atoms with Crippen molar-refractivity contribution in [2.24, 2.45) is 7.05 Å². The summed E-state index contributed by atoms with van der Waals surface area (Å²) in [7, 11) is 1.89. The fourth-order valence-electron chi connectivity index (χ4n) is 2.24. The Labute approximate surface area is 105 Å². The zero-order valence-corrected chi connectivity index (χ0v) is 10.5. The number of benzene rings is 1. The third-order valence-corrected chi connectivity index (χ3v) is 3.14. The summed E-state index contributed by atoms with van der Waals surface area (Å²) in [6.45, 7) is 2.05. The summed E-state index contributed by atoms with van der Waals surface area (Å²) in [5, 5.41) is 9.93. The molecule has 0 unspecified atom stereocenters. The number of nitrogens with two attached hydrogens (primary N) is 1. The van der Waals surface area contributed by atoms with E-state index >= 15 is 0 Å². The first-order valence-corrected chi connectivity index (χ1v) is 5.97. The van der Waals surface area contributed by atoms with Crippen LogP contribution in [0.25, 0.3) is 16.7 Å². The van der Waals surface area contributed by atoms with Gasteiger partial charge in [0.25, 0.3) is 0 Å². The quantitative estimate of drug-likeness (QED) is 0.745. The van der Waals surface area contributed by atoms with Crippen LogP contribution in [0.4, 0.5) is 5.69 Å².